The highest BCUT2D eigenvalue weighted by Gasteiger charge is 2.66. The van der Waals surface area contributed by atoms with Crippen LogP contribution >= 0.6 is 11.3 Å². The lowest BCUT2D eigenvalue weighted by Crippen LogP contribution is -2.54. The Morgan fingerprint density at radius 3 is 2.39 bits per heavy atom. The molecule has 0 radical (unpaired) electrons. The molecule has 2 aromatic carbocycles. The van der Waals surface area contributed by atoms with Gasteiger partial charge >= 0.3 is 5.97 Å². The number of Topliss-reactive ketones (excluding diaryl/α,β-unsaturated/α-hetero) is 1. The number of ketones is 1. The normalized spacial score (nSPS) is 22.0. The number of hydrogen-bond donors (Lipinski definition) is 1. The van der Waals surface area contributed by atoms with Crippen LogP contribution in [0.25, 0.3) is 0 Å². The van der Waals surface area contributed by atoms with E-state index in [-0.39, 0.29) is 22.6 Å². The SMILES string of the molecule is Cc1ccc(C(=O)C2C(c3cccc([N+](=O)[O-])c3)N(C(=O)c3cccc(F)c3)C(C)(C(=O)O)C2c2sccc2C)o1. The van der Waals surface area contributed by atoms with Crippen LogP contribution in [0, 0.1) is 35.7 Å². The number of likely N-dealkylation sites (tertiary alicyclic amines) is 1. The summed E-state index contributed by atoms with van der Waals surface area (Å²) in [4.78, 5) is 54.7. The first kappa shape index (κ1) is 27.9. The molecule has 1 saturated heterocycles. The van der Waals surface area contributed by atoms with Gasteiger partial charge in [0.25, 0.3) is 11.6 Å². The quantitative estimate of drug-likeness (QED) is 0.155. The molecule has 2 aromatic heterocycles. The Bertz CT molecular complexity index is 1690. The van der Waals surface area contributed by atoms with E-state index in [0.717, 1.165) is 22.6 Å². The molecule has 210 valence electrons. The molecule has 4 aromatic rings. The van der Waals surface area contributed by atoms with Crippen molar-refractivity contribution < 1.29 is 33.2 Å². The highest BCUT2D eigenvalue weighted by molar-refractivity contribution is 7.10. The van der Waals surface area contributed by atoms with Crippen molar-refractivity contribution in [3.8, 4) is 0 Å². The molecule has 1 aliphatic heterocycles. The molecule has 0 saturated carbocycles. The summed E-state index contributed by atoms with van der Waals surface area (Å²) in [6, 6.07) is 13.8. The molecule has 5 rings (SSSR count). The van der Waals surface area contributed by atoms with E-state index in [1.165, 1.54) is 60.7 Å². The van der Waals surface area contributed by atoms with Crippen LogP contribution in [-0.4, -0.2) is 38.1 Å². The van der Waals surface area contributed by atoms with Crippen LogP contribution in [-0.2, 0) is 4.79 Å². The summed E-state index contributed by atoms with van der Waals surface area (Å²) in [5, 5.41) is 24.3. The molecule has 9 nitrogen and oxygen atoms in total. The maximum atomic E-state index is 14.3. The molecule has 4 unspecified atom stereocenters. The average Bonchev–Trinajstić information content (AvgIpc) is 3.63. The van der Waals surface area contributed by atoms with Crippen molar-refractivity contribution in [2.24, 2.45) is 5.92 Å². The highest BCUT2D eigenvalue weighted by atomic mass is 32.1. The predicted octanol–water partition coefficient (Wildman–Crippen LogP) is 6.33. The van der Waals surface area contributed by atoms with E-state index in [0.29, 0.717) is 10.6 Å². The molecule has 4 atom stereocenters. The molecule has 0 aliphatic carbocycles. The zero-order valence-corrected chi connectivity index (χ0v) is 23.1. The largest absolute Gasteiger partial charge is 0.479 e. The van der Waals surface area contributed by atoms with E-state index in [1.54, 1.807) is 31.4 Å². The van der Waals surface area contributed by atoms with Crippen molar-refractivity contribution in [2.75, 3.05) is 0 Å². The smallest absolute Gasteiger partial charge is 0.330 e. The van der Waals surface area contributed by atoms with Crippen LogP contribution in [0.2, 0.25) is 0 Å². The number of carbonyl (C=O) groups excluding carboxylic acids is 2. The van der Waals surface area contributed by atoms with Gasteiger partial charge in [0.2, 0.25) is 5.78 Å². The summed E-state index contributed by atoms with van der Waals surface area (Å²) >= 11 is 1.25. The van der Waals surface area contributed by atoms with Crippen LogP contribution in [0.5, 0.6) is 0 Å². The lowest BCUT2D eigenvalue weighted by atomic mass is 9.74. The molecule has 1 fully saturated rings. The van der Waals surface area contributed by atoms with Gasteiger partial charge in [0.1, 0.15) is 17.1 Å². The second-order valence-corrected chi connectivity index (χ2v) is 11.1. The second-order valence-electron chi connectivity index (χ2n) is 10.2. The van der Waals surface area contributed by atoms with Gasteiger partial charge in [-0.2, -0.15) is 0 Å². The van der Waals surface area contributed by atoms with Crippen LogP contribution in [0.3, 0.4) is 0 Å². The van der Waals surface area contributed by atoms with Crippen LogP contribution in [0.4, 0.5) is 10.1 Å². The fraction of sp³-hybridized carbons (Fsp3) is 0.233. The van der Waals surface area contributed by atoms with Crippen LogP contribution < -0.4 is 0 Å². The number of amides is 1. The summed E-state index contributed by atoms with van der Waals surface area (Å²) in [5.41, 5.74) is -1.55. The third-order valence-corrected chi connectivity index (χ3v) is 8.80. The number of rotatable bonds is 7. The molecule has 41 heavy (non-hydrogen) atoms. The molecular formula is C30H25FN2O7S. The van der Waals surface area contributed by atoms with Gasteiger partial charge in [-0.1, -0.05) is 18.2 Å². The van der Waals surface area contributed by atoms with Gasteiger partial charge in [0.15, 0.2) is 5.76 Å². The minimum Gasteiger partial charge on any atom is -0.479 e. The lowest BCUT2D eigenvalue weighted by Gasteiger charge is -2.37. The van der Waals surface area contributed by atoms with Crippen molar-refractivity contribution in [2.45, 2.75) is 38.3 Å². The van der Waals surface area contributed by atoms with Crippen molar-refractivity contribution in [3.63, 3.8) is 0 Å². The Morgan fingerprint density at radius 2 is 1.80 bits per heavy atom. The number of aryl methyl sites for hydroxylation is 2. The minimum absolute atomic E-state index is 0.0325. The topological polar surface area (TPSA) is 131 Å². The summed E-state index contributed by atoms with van der Waals surface area (Å²) in [7, 11) is 0. The molecule has 1 amide bonds. The van der Waals surface area contributed by atoms with E-state index >= 15 is 0 Å². The number of benzene rings is 2. The molecule has 0 bridgehead atoms. The van der Waals surface area contributed by atoms with Crippen molar-refractivity contribution in [1.29, 1.82) is 0 Å². The summed E-state index contributed by atoms with van der Waals surface area (Å²) in [6.45, 7) is 4.80. The lowest BCUT2D eigenvalue weighted by molar-refractivity contribution is -0.385. The standard InChI is InChI=1S/C30H25FN2O7S/c1-16-12-13-41-27(16)24-23(26(34)22-11-10-17(2)40-22)25(18-6-5-9-21(15-18)33(38)39)32(30(24,3)29(36)37)28(35)19-7-4-8-20(31)14-19/h4-15,23-25H,1-3H3,(H,36,37). The molecule has 0 spiro atoms. The van der Waals surface area contributed by atoms with Crippen molar-refractivity contribution >= 4 is 34.7 Å². The number of carbonyl (C=O) groups is 3. The molecular weight excluding hydrogens is 551 g/mol. The first-order chi connectivity index (χ1) is 19.4. The number of nitro groups is 1. The Kier molecular flexibility index (Phi) is 7.08. The Balaban J connectivity index is 1.85. The number of aliphatic carboxylic acids is 1. The number of furan rings is 1. The van der Waals surface area contributed by atoms with Gasteiger partial charge < -0.3 is 14.4 Å². The monoisotopic (exact) mass is 576 g/mol. The van der Waals surface area contributed by atoms with Gasteiger partial charge in [-0.15, -0.1) is 11.3 Å². The van der Waals surface area contributed by atoms with E-state index < -0.39 is 51.8 Å². The molecule has 1 N–H and O–H groups in total. The maximum Gasteiger partial charge on any atom is 0.330 e. The number of thiophene rings is 1. The molecule has 3 heterocycles. The Labute approximate surface area is 238 Å². The Hall–Kier alpha value is -4.64. The minimum atomic E-state index is -2.03. The van der Waals surface area contributed by atoms with Crippen LogP contribution in [0.15, 0.2) is 76.5 Å². The van der Waals surface area contributed by atoms with E-state index in [1.807, 2.05) is 0 Å². The average molecular weight is 577 g/mol. The maximum absolute atomic E-state index is 14.3. The zero-order valence-electron chi connectivity index (χ0n) is 22.2. The molecule has 11 heteroatoms. The number of hydrogen-bond acceptors (Lipinski definition) is 7. The van der Waals surface area contributed by atoms with E-state index in [4.69, 9.17) is 4.42 Å². The first-order valence-electron chi connectivity index (χ1n) is 12.7. The number of non-ortho nitro benzene ring substituents is 1. The number of nitrogens with zero attached hydrogens (tertiary/aromatic N) is 2. The van der Waals surface area contributed by atoms with E-state index in [2.05, 4.69) is 0 Å². The summed E-state index contributed by atoms with van der Waals surface area (Å²) in [6.07, 6.45) is 0. The van der Waals surface area contributed by atoms with Gasteiger partial charge in [-0.05, 0) is 73.7 Å². The number of halogens is 1. The highest BCUT2D eigenvalue weighted by Crippen LogP contribution is 2.58. The zero-order chi connectivity index (χ0) is 29.6. The molecule has 1 aliphatic rings. The third-order valence-electron chi connectivity index (χ3n) is 7.70. The summed E-state index contributed by atoms with van der Waals surface area (Å²) in [5.74, 6) is -5.38. The van der Waals surface area contributed by atoms with Crippen molar-refractivity contribution in [1.82, 2.24) is 4.90 Å². The first-order valence-corrected chi connectivity index (χ1v) is 13.5. The van der Waals surface area contributed by atoms with Gasteiger partial charge in [0, 0.05) is 28.5 Å². The predicted molar refractivity (Wildman–Crippen MR) is 148 cm³/mol. The van der Waals surface area contributed by atoms with E-state index in [9.17, 15) is 34.0 Å². The fourth-order valence-electron chi connectivity index (χ4n) is 5.79. The van der Waals surface area contributed by atoms with Gasteiger partial charge in [-0.3, -0.25) is 19.7 Å². The Morgan fingerprint density at radius 1 is 1.07 bits per heavy atom. The second kappa shape index (κ2) is 10.4. The van der Waals surface area contributed by atoms with Crippen LogP contribution in [0.1, 0.15) is 61.6 Å². The van der Waals surface area contributed by atoms with Crippen molar-refractivity contribution in [3.05, 3.63) is 121 Å². The fourth-order valence-corrected chi connectivity index (χ4v) is 6.99. The van der Waals surface area contributed by atoms with Gasteiger partial charge in [-0.25, -0.2) is 9.18 Å². The number of carboxylic acid groups (broad SMARTS) is 1. The third kappa shape index (κ3) is 4.61. The number of carboxylic acids is 1. The summed E-state index contributed by atoms with van der Waals surface area (Å²) < 4.78 is 20.0. The van der Waals surface area contributed by atoms with Gasteiger partial charge in [0.05, 0.1) is 16.9 Å². The number of nitro benzene ring substituents is 1.